The van der Waals surface area contributed by atoms with Crippen LogP contribution in [-0.2, 0) is 9.53 Å². The quantitative estimate of drug-likeness (QED) is 0.343. The second kappa shape index (κ2) is 10.2. The van der Waals surface area contributed by atoms with Crippen LogP contribution in [0.25, 0.3) is 0 Å². The highest BCUT2D eigenvalue weighted by Gasteiger charge is 2.03. The molecule has 89 valence electrons. The molecule has 2 nitrogen and oxygen atoms in total. The molecule has 0 unspecified atom stereocenters. The van der Waals surface area contributed by atoms with Gasteiger partial charge in [-0.2, -0.15) is 0 Å². The Morgan fingerprint density at radius 1 is 1.13 bits per heavy atom. The molecular formula is C12H25O2Si. The number of carbonyl (C=O) groups is 1. The van der Waals surface area contributed by atoms with E-state index >= 15 is 0 Å². The van der Waals surface area contributed by atoms with Crippen LogP contribution in [0.1, 0.15) is 45.4 Å². The molecule has 0 aliphatic carbocycles. The van der Waals surface area contributed by atoms with Gasteiger partial charge in [0.1, 0.15) is 0 Å². The van der Waals surface area contributed by atoms with E-state index in [2.05, 4.69) is 20.0 Å². The van der Waals surface area contributed by atoms with Gasteiger partial charge in [0.2, 0.25) is 0 Å². The van der Waals surface area contributed by atoms with Gasteiger partial charge < -0.3 is 4.74 Å². The Labute approximate surface area is 96.0 Å². The summed E-state index contributed by atoms with van der Waals surface area (Å²) in [4.78, 5) is 11.2. The van der Waals surface area contributed by atoms with Crippen molar-refractivity contribution in [1.82, 2.24) is 0 Å². The smallest absolute Gasteiger partial charge is 0.305 e. The first kappa shape index (κ1) is 14.7. The summed E-state index contributed by atoms with van der Waals surface area (Å²) in [7, 11) is -0.239. The Morgan fingerprint density at radius 3 is 2.40 bits per heavy atom. The molecule has 0 rings (SSSR count). The minimum atomic E-state index is -0.239. The van der Waals surface area contributed by atoms with Crippen molar-refractivity contribution in [3.63, 3.8) is 0 Å². The highest BCUT2D eigenvalue weighted by molar-refractivity contribution is 6.55. The first-order valence-corrected chi connectivity index (χ1v) is 8.82. The number of unbranched alkanes of at least 4 members (excludes halogenated alkanes) is 4. The summed E-state index contributed by atoms with van der Waals surface area (Å²) in [6.45, 7) is 7.31. The Balaban J connectivity index is 3.19. The van der Waals surface area contributed by atoms with Crippen LogP contribution >= 0.6 is 0 Å². The molecule has 0 aliphatic heterocycles. The van der Waals surface area contributed by atoms with Crippen LogP contribution < -0.4 is 0 Å². The lowest BCUT2D eigenvalue weighted by atomic mass is 10.1. The molecule has 0 aromatic heterocycles. The normalized spacial score (nSPS) is 10.7. The SMILES string of the molecule is CCCCCCCC(=O)OCC[Si](C)C. The minimum Gasteiger partial charge on any atom is -0.466 e. The Morgan fingerprint density at radius 2 is 1.80 bits per heavy atom. The molecule has 0 saturated carbocycles. The molecule has 0 fully saturated rings. The number of rotatable bonds is 9. The summed E-state index contributed by atoms with van der Waals surface area (Å²) >= 11 is 0. The third-order valence-corrected chi connectivity index (χ3v) is 3.55. The fourth-order valence-electron chi connectivity index (χ4n) is 1.31. The van der Waals surface area contributed by atoms with Crippen molar-refractivity contribution in [2.45, 2.75) is 64.6 Å². The lowest BCUT2D eigenvalue weighted by Gasteiger charge is -2.05. The Kier molecular flexibility index (Phi) is 10.00. The van der Waals surface area contributed by atoms with Crippen LogP contribution in [0.3, 0.4) is 0 Å². The molecule has 0 saturated heterocycles. The average molecular weight is 229 g/mol. The van der Waals surface area contributed by atoms with E-state index in [-0.39, 0.29) is 14.8 Å². The molecule has 0 spiro atoms. The van der Waals surface area contributed by atoms with E-state index in [1.165, 1.54) is 25.7 Å². The van der Waals surface area contributed by atoms with Gasteiger partial charge in [0, 0.05) is 15.2 Å². The molecular weight excluding hydrogens is 204 g/mol. The van der Waals surface area contributed by atoms with E-state index < -0.39 is 0 Å². The summed E-state index contributed by atoms with van der Waals surface area (Å²) < 4.78 is 5.15. The van der Waals surface area contributed by atoms with Crippen molar-refractivity contribution < 1.29 is 9.53 Å². The number of esters is 1. The summed E-state index contributed by atoms with van der Waals surface area (Å²) in [5, 5.41) is 0. The maximum Gasteiger partial charge on any atom is 0.305 e. The van der Waals surface area contributed by atoms with Crippen LogP contribution in [0.5, 0.6) is 0 Å². The molecule has 0 amide bonds. The van der Waals surface area contributed by atoms with Crippen molar-refractivity contribution in [3.8, 4) is 0 Å². The van der Waals surface area contributed by atoms with Crippen molar-refractivity contribution >= 4 is 14.8 Å². The molecule has 0 aromatic rings. The number of ether oxygens (including phenoxy) is 1. The van der Waals surface area contributed by atoms with E-state index in [1.54, 1.807) is 0 Å². The van der Waals surface area contributed by atoms with E-state index in [1.807, 2.05) is 0 Å². The molecule has 1 radical (unpaired) electrons. The van der Waals surface area contributed by atoms with Gasteiger partial charge in [-0.1, -0.05) is 45.7 Å². The molecule has 0 aliphatic rings. The van der Waals surface area contributed by atoms with Gasteiger partial charge in [-0.05, 0) is 12.5 Å². The van der Waals surface area contributed by atoms with Gasteiger partial charge in [0.05, 0.1) is 6.61 Å². The fraction of sp³-hybridized carbons (Fsp3) is 0.917. The highest BCUT2D eigenvalue weighted by atomic mass is 28.3. The van der Waals surface area contributed by atoms with E-state index in [9.17, 15) is 4.79 Å². The first-order valence-electron chi connectivity index (χ1n) is 6.11. The maximum absolute atomic E-state index is 11.2. The predicted octanol–water partition coefficient (Wildman–Crippen LogP) is 3.64. The third kappa shape index (κ3) is 11.6. The van der Waals surface area contributed by atoms with Crippen LogP contribution in [0.2, 0.25) is 19.1 Å². The van der Waals surface area contributed by atoms with Gasteiger partial charge in [-0.15, -0.1) is 0 Å². The van der Waals surface area contributed by atoms with Crippen molar-refractivity contribution in [1.29, 1.82) is 0 Å². The van der Waals surface area contributed by atoms with E-state index in [0.717, 1.165) is 12.5 Å². The second-order valence-electron chi connectivity index (χ2n) is 4.34. The maximum atomic E-state index is 11.2. The summed E-state index contributed by atoms with van der Waals surface area (Å²) in [5.74, 6) is -0.00486. The molecule has 0 heterocycles. The van der Waals surface area contributed by atoms with Gasteiger partial charge in [0.25, 0.3) is 0 Å². The van der Waals surface area contributed by atoms with E-state index in [4.69, 9.17) is 4.74 Å². The van der Waals surface area contributed by atoms with Crippen LogP contribution in [-0.4, -0.2) is 21.4 Å². The standard InChI is InChI=1S/C12H25O2Si/c1-4-5-6-7-8-9-12(13)14-10-11-15(2)3/h4-11H2,1-3H3. The Bertz CT molecular complexity index is 158. The van der Waals surface area contributed by atoms with Crippen molar-refractivity contribution in [3.05, 3.63) is 0 Å². The van der Waals surface area contributed by atoms with E-state index in [0.29, 0.717) is 13.0 Å². The minimum absolute atomic E-state index is 0.00486. The van der Waals surface area contributed by atoms with Gasteiger partial charge >= 0.3 is 5.97 Å². The first-order chi connectivity index (χ1) is 7.16. The lowest BCUT2D eigenvalue weighted by molar-refractivity contribution is -0.143. The average Bonchev–Trinajstić information content (AvgIpc) is 2.17. The number of carbonyl (C=O) groups excluding carboxylic acids is 1. The molecule has 3 heteroatoms. The highest BCUT2D eigenvalue weighted by Crippen LogP contribution is 2.06. The number of hydrogen-bond donors (Lipinski definition) is 0. The topological polar surface area (TPSA) is 26.3 Å². The molecule has 15 heavy (non-hydrogen) atoms. The summed E-state index contributed by atoms with van der Waals surface area (Å²) in [5.41, 5.74) is 0. The monoisotopic (exact) mass is 229 g/mol. The predicted molar refractivity (Wildman–Crippen MR) is 66.6 cm³/mol. The van der Waals surface area contributed by atoms with Crippen molar-refractivity contribution in [2.75, 3.05) is 6.61 Å². The Hall–Kier alpha value is -0.313. The summed E-state index contributed by atoms with van der Waals surface area (Å²) in [6.07, 6.45) is 6.56. The van der Waals surface area contributed by atoms with Crippen LogP contribution in [0, 0.1) is 0 Å². The second-order valence-corrected chi connectivity index (χ2v) is 7.26. The fourth-order valence-corrected chi connectivity index (χ4v) is 1.82. The lowest BCUT2D eigenvalue weighted by Crippen LogP contribution is -2.10. The zero-order chi connectivity index (χ0) is 11.5. The van der Waals surface area contributed by atoms with Gasteiger partial charge in [-0.3, -0.25) is 4.79 Å². The summed E-state index contributed by atoms with van der Waals surface area (Å²) in [6, 6.07) is 1.08. The van der Waals surface area contributed by atoms with Crippen LogP contribution in [0.4, 0.5) is 0 Å². The number of hydrogen-bond acceptors (Lipinski definition) is 2. The van der Waals surface area contributed by atoms with Crippen molar-refractivity contribution in [2.24, 2.45) is 0 Å². The molecule has 0 N–H and O–H groups in total. The molecule has 0 bridgehead atoms. The molecule has 0 atom stereocenters. The zero-order valence-electron chi connectivity index (χ0n) is 10.5. The third-order valence-electron chi connectivity index (χ3n) is 2.35. The molecule has 0 aromatic carbocycles. The zero-order valence-corrected chi connectivity index (χ0v) is 11.5. The van der Waals surface area contributed by atoms with Crippen LogP contribution in [0.15, 0.2) is 0 Å². The van der Waals surface area contributed by atoms with Gasteiger partial charge in [0.15, 0.2) is 0 Å². The van der Waals surface area contributed by atoms with Gasteiger partial charge in [-0.25, -0.2) is 0 Å². The largest absolute Gasteiger partial charge is 0.466 e.